The minimum absolute atomic E-state index is 0.108. The van der Waals surface area contributed by atoms with E-state index in [4.69, 9.17) is 14.2 Å². The van der Waals surface area contributed by atoms with Gasteiger partial charge in [0.15, 0.2) is 0 Å². The van der Waals surface area contributed by atoms with Crippen molar-refractivity contribution >= 4 is 11.9 Å². The van der Waals surface area contributed by atoms with E-state index in [-0.39, 0.29) is 11.1 Å². The van der Waals surface area contributed by atoms with E-state index in [1.54, 1.807) is 0 Å². The van der Waals surface area contributed by atoms with Crippen LogP contribution in [0, 0.1) is 0 Å². The summed E-state index contributed by atoms with van der Waals surface area (Å²) in [4.78, 5) is 22.9. The van der Waals surface area contributed by atoms with Crippen molar-refractivity contribution < 1.29 is 34.0 Å². The minimum atomic E-state index is -1.42. The number of hydrogen-bond acceptors (Lipinski definition) is 7. The molecule has 0 saturated heterocycles. The van der Waals surface area contributed by atoms with E-state index >= 15 is 0 Å². The molecular weight excluding hydrogens is 280 g/mol. The van der Waals surface area contributed by atoms with Crippen LogP contribution in [0.25, 0.3) is 0 Å². The number of carbonyl (C=O) groups is 2. The number of aliphatic hydroxyl groups excluding tert-OH is 2. The topological polar surface area (TPSA) is 102 Å². The van der Waals surface area contributed by atoms with E-state index in [2.05, 4.69) is 13.2 Å². The fraction of sp³-hybridized carbons (Fsp3) is 0.571. The molecule has 0 saturated carbocycles. The predicted molar refractivity (Wildman–Crippen MR) is 73.8 cm³/mol. The molecule has 0 spiro atoms. The number of carbonyl (C=O) groups excluding carboxylic acids is 2. The lowest BCUT2D eigenvalue weighted by Gasteiger charge is -2.27. The van der Waals surface area contributed by atoms with Crippen molar-refractivity contribution in [2.75, 3.05) is 0 Å². The zero-order chi connectivity index (χ0) is 16.7. The van der Waals surface area contributed by atoms with Gasteiger partial charge < -0.3 is 19.7 Å². The molecule has 2 N–H and O–H groups in total. The number of esters is 2. The highest BCUT2D eigenvalue weighted by Gasteiger charge is 2.30. The van der Waals surface area contributed by atoms with Gasteiger partial charge in [-0.05, 0) is 27.7 Å². The lowest BCUT2D eigenvalue weighted by molar-refractivity contribution is -0.273. The van der Waals surface area contributed by atoms with Crippen molar-refractivity contribution in [1.82, 2.24) is 0 Å². The van der Waals surface area contributed by atoms with Crippen LogP contribution in [0.2, 0.25) is 0 Å². The number of hydrogen-bond donors (Lipinski definition) is 2. The molecule has 0 aliphatic carbocycles. The van der Waals surface area contributed by atoms with Crippen molar-refractivity contribution in [1.29, 1.82) is 0 Å². The third-order valence-electron chi connectivity index (χ3n) is 2.20. The third kappa shape index (κ3) is 7.03. The Morgan fingerprint density at radius 1 is 0.857 bits per heavy atom. The van der Waals surface area contributed by atoms with E-state index in [1.165, 1.54) is 27.7 Å². The molecule has 0 rings (SSSR count). The Balaban J connectivity index is 4.90. The molecule has 0 amide bonds. The standard InChI is InChI=1S/C14H22O7/c1-7(2)11(17)19-13(9(5)15)21-14(10(6)16)20-12(18)8(3)4/h9-10,13-16H,1,3H2,2,4-6H3. The molecule has 0 radical (unpaired) electrons. The number of rotatable bonds is 8. The summed E-state index contributed by atoms with van der Waals surface area (Å²) in [5, 5.41) is 19.1. The average molecular weight is 302 g/mol. The average Bonchev–Trinajstić information content (AvgIpc) is 2.35. The summed E-state index contributed by atoms with van der Waals surface area (Å²) < 4.78 is 14.9. The van der Waals surface area contributed by atoms with Crippen LogP contribution in [0.3, 0.4) is 0 Å². The molecule has 0 aromatic heterocycles. The Morgan fingerprint density at radius 2 is 1.14 bits per heavy atom. The van der Waals surface area contributed by atoms with Gasteiger partial charge in [0, 0.05) is 11.1 Å². The summed E-state index contributed by atoms with van der Waals surface area (Å²) in [6.45, 7) is 12.3. The van der Waals surface area contributed by atoms with Crippen LogP contribution in [-0.2, 0) is 23.8 Å². The Morgan fingerprint density at radius 3 is 1.33 bits per heavy atom. The molecule has 0 bridgehead atoms. The molecule has 120 valence electrons. The van der Waals surface area contributed by atoms with Crippen molar-refractivity contribution in [2.24, 2.45) is 0 Å². The lowest BCUT2D eigenvalue weighted by Crippen LogP contribution is -2.41. The first-order chi connectivity index (χ1) is 9.56. The first-order valence-corrected chi connectivity index (χ1v) is 6.30. The summed E-state index contributed by atoms with van der Waals surface area (Å²) in [5.41, 5.74) is 0.216. The van der Waals surface area contributed by atoms with E-state index in [0.717, 1.165) is 0 Å². The fourth-order valence-corrected chi connectivity index (χ4v) is 1.02. The van der Waals surface area contributed by atoms with Gasteiger partial charge in [-0.25, -0.2) is 9.59 Å². The largest absolute Gasteiger partial charge is 0.429 e. The molecule has 0 aliphatic rings. The highest BCUT2D eigenvalue weighted by molar-refractivity contribution is 5.87. The van der Waals surface area contributed by atoms with Crippen molar-refractivity contribution in [3.8, 4) is 0 Å². The first-order valence-electron chi connectivity index (χ1n) is 6.30. The number of aliphatic hydroxyl groups is 2. The normalized spacial score (nSPS) is 16.3. The summed E-state index contributed by atoms with van der Waals surface area (Å²) >= 11 is 0. The molecule has 0 heterocycles. The monoisotopic (exact) mass is 302 g/mol. The highest BCUT2D eigenvalue weighted by Crippen LogP contribution is 2.13. The van der Waals surface area contributed by atoms with Gasteiger partial charge in [-0.1, -0.05) is 13.2 Å². The second-order valence-corrected chi connectivity index (χ2v) is 4.73. The Kier molecular flexibility index (Phi) is 7.86. The van der Waals surface area contributed by atoms with Gasteiger partial charge >= 0.3 is 11.9 Å². The van der Waals surface area contributed by atoms with Crippen molar-refractivity contribution in [2.45, 2.75) is 52.5 Å². The van der Waals surface area contributed by atoms with Gasteiger partial charge in [-0.15, -0.1) is 0 Å². The van der Waals surface area contributed by atoms with Crippen LogP contribution < -0.4 is 0 Å². The molecule has 4 atom stereocenters. The van der Waals surface area contributed by atoms with Gasteiger partial charge in [-0.3, -0.25) is 4.74 Å². The zero-order valence-corrected chi connectivity index (χ0v) is 12.7. The number of ether oxygens (including phenoxy) is 3. The summed E-state index contributed by atoms with van der Waals surface area (Å²) in [5.74, 6) is -1.56. The van der Waals surface area contributed by atoms with E-state index in [9.17, 15) is 19.8 Å². The van der Waals surface area contributed by atoms with Crippen LogP contribution in [-0.4, -0.2) is 46.9 Å². The van der Waals surface area contributed by atoms with Crippen LogP contribution >= 0.6 is 0 Å². The van der Waals surface area contributed by atoms with Gasteiger partial charge in [0.2, 0.25) is 12.6 Å². The SMILES string of the molecule is C=C(C)C(=O)OC(OC(OC(=O)C(=C)C)C(C)O)C(C)O. The molecule has 7 heteroatoms. The minimum Gasteiger partial charge on any atom is -0.429 e. The molecule has 7 nitrogen and oxygen atoms in total. The second kappa shape index (κ2) is 8.56. The van der Waals surface area contributed by atoms with Crippen LogP contribution in [0.5, 0.6) is 0 Å². The molecule has 0 aromatic rings. The van der Waals surface area contributed by atoms with Crippen molar-refractivity contribution in [3.63, 3.8) is 0 Å². The zero-order valence-electron chi connectivity index (χ0n) is 12.7. The smallest absolute Gasteiger partial charge is 0.335 e. The maximum atomic E-state index is 11.4. The first kappa shape index (κ1) is 19.3. The van der Waals surface area contributed by atoms with E-state index in [1.807, 2.05) is 0 Å². The second-order valence-electron chi connectivity index (χ2n) is 4.73. The summed E-state index contributed by atoms with van der Waals surface area (Å²) in [6, 6.07) is 0. The Labute approximate surface area is 123 Å². The molecule has 0 aromatic carbocycles. The van der Waals surface area contributed by atoms with E-state index < -0.39 is 36.7 Å². The molecular formula is C14H22O7. The lowest BCUT2D eigenvalue weighted by atomic mass is 10.3. The molecule has 0 aliphatic heterocycles. The van der Waals surface area contributed by atoms with Crippen LogP contribution in [0.15, 0.2) is 24.3 Å². The van der Waals surface area contributed by atoms with Gasteiger partial charge in [0.05, 0.1) is 0 Å². The van der Waals surface area contributed by atoms with Crippen molar-refractivity contribution in [3.05, 3.63) is 24.3 Å². The predicted octanol–water partition coefficient (Wildman–Crippen LogP) is 0.655. The van der Waals surface area contributed by atoms with Crippen LogP contribution in [0.1, 0.15) is 27.7 Å². The highest BCUT2D eigenvalue weighted by atomic mass is 16.8. The summed E-state index contributed by atoms with van der Waals surface area (Å²) in [6.07, 6.45) is -5.27. The fourth-order valence-electron chi connectivity index (χ4n) is 1.02. The molecule has 0 fully saturated rings. The third-order valence-corrected chi connectivity index (χ3v) is 2.20. The van der Waals surface area contributed by atoms with Crippen LogP contribution in [0.4, 0.5) is 0 Å². The van der Waals surface area contributed by atoms with E-state index in [0.29, 0.717) is 0 Å². The molecule has 4 unspecified atom stereocenters. The van der Waals surface area contributed by atoms with Gasteiger partial charge in [-0.2, -0.15) is 0 Å². The molecule has 21 heavy (non-hydrogen) atoms. The Hall–Kier alpha value is -1.70. The van der Waals surface area contributed by atoms with Gasteiger partial charge in [0.25, 0.3) is 0 Å². The maximum Gasteiger partial charge on any atom is 0.335 e. The summed E-state index contributed by atoms with van der Waals surface area (Å²) in [7, 11) is 0. The maximum absolute atomic E-state index is 11.4. The van der Waals surface area contributed by atoms with Gasteiger partial charge in [0.1, 0.15) is 12.2 Å². The quantitative estimate of drug-likeness (QED) is 0.385. The Bertz CT molecular complexity index is 374.